The summed E-state index contributed by atoms with van der Waals surface area (Å²) in [5, 5.41) is 11.0. The van der Waals surface area contributed by atoms with Crippen molar-refractivity contribution in [1.82, 2.24) is 4.98 Å². The van der Waals surface area contributed by atoms with Gasteiger partial charge in [0.1, 0.15) is 17.7 Å². The fraction of sp³-hybridized carbons (Fsp3) is 0. The molecule has 0 aliphatic rings. The highest BCUT2D eigenvalue weighted by Crippen LogP contribution is 2.35. The summed E-state index contributed by atoms with van der Waals surface area (Å²) in [7, 11) is 0. The molecule has 3 rings (SSSR count). The van der Waals surface area contributed by atoms with Crippen LogP contribution in [0.25, 0.3) is 22.1 Å². The lowest BCUT2D eigenvalue weighted by molar-refractivity contribution is 0.111. The molecule has 1 aromatic carbocycles. The van der Waals surface area contributed by atoms with Crippen molar-refractivity contribution in [2.45, 2.75) is 0 Å². The number of nitrogens with zero attached hydrogens (tertiary/aromatic N) is 1. The van der Waals surface area contributed by atoms with E-state index in [0.29, 0.717) is 22.8 Å². The third kappa shape index (κ3) is 1.47. The fourth-order valence-electron chi connectivity index (χ4n) is 1.91. The molecule has 18 heavy (non-hydrogen) atoms. The molecule has 0 saturated heterocycles. The van der Waals surface area contributed by atoms with Gasteiger partial charge in [-0.05, 0) is 0 Å². The molecule has 0 unspecified atom stereocenters. The SMILES string of the molecule is O=Cc1ncc2c(-c3ccccc3)occ2c1O. The standard InChI is InChI=1S/C14H9NO3/c16-7-12-13(17)11-8-18-14(10(11)6-15-12)9-4-2-1-3-5-9/h1-8,17H. The predicted octanol–water partition coefficient (Wildman–Crippen LogP) is 3.01. The number of carbonyl (C=O) groups is 1. The number of hydrogen-bond acceptors (Lipinski definition) is 4. The van der Waals surface area contributed by atoms with E-state index in [1.54, 1.807) is 0 Å². The average Bonchev–Trinajstić information content (AvgIpc) is 2.85. The minimum atomic E-state index is -0.145. The summed E-state index contributed by atoms with van der Waals surface area (Å²) in [4.78, 5) is 14.6. The van der Waals surface area contributed by atoms with Crippen LogP contribution in [-0.4, -0.2) is 16.4 Å². The van der Waals surface area contributed by atoms with Gasteiger partial charge in [0.25, 0.3) is 0 Å². The number of hydrogen-bond donors (Lipinski definition) is 1. The number of benzene rings is 1. The quantitative estimate of drug-likeness (QED) is 0.698. The lowest BCUT2D eigenvalue weighted by atomic mass is 10.1. The third-order valence-electron chi connectivity index (χ3n) is 2.81. The highest BCUT2D eigenvalue weighted by molar-refractivity contribution is 6.00. The van der Waals surface area contributed by atoms with E-state index in [0.717, 1.165) is 5.56 Å². The first-order valence-electron chi connectivity index (χ1n) is 5.41. The molecule has 2 aromatic heterocycles. The van der Waals surface area contributed by atoms with Crippen LogP contribution in [0.2, 0.25) is 0 Å². The first-order valence-corrected chi connectivity index (χ1v) is 5.41. The minimum absolute atomic E-state index is 0.0166. The number of aromatic hydroxyl groups is 1. The van der Waals surface area contributed by atoms with E-state index in [1.807, 2.05) is 30.3 Å². The van der Waals surface area contributed by atoms with Crippen molar-refractivity contribution in [3.05, 3.63) is 48.5 Å². The van der Waals surface area contributed by atoms with Crippen LogP contribution in [-0.2, 0) is 0 Å². The molecule has 0 aliphatic carbocycles. The Bertz CT molecular complexity index is 716. The van der Waals surface area contributed by atoms with Gasteiger partial charge in [-0.25, -0.2) is 4.98 Å². The number of rotatable bonds is 2. The normalized spacial score (nSPS) is 10.7. The van der Waals surface area contributed by atoms with Gasteiger partial charge in [0.15, 0.2) is 12.0 Å². The Balaban J connectivity index is 2.28. The minimum Gasteiger partial charge on any atom is -0.505 e. The predicted molar refractivity (Wildman–Crippen MR) is 66.5 cm³/mol. The average molecular weight is 239 g/mol. The van der Waals surface area contributed by atoms with Crippen molar-refractivity contribution < 1.29 is 14.3 Å². The molecule has 3 aromatic rings. The molecule has 0 aliphatic heterocycles. The van der Waals surface area contributed by atoms with Crippen molar-refractivity contribution in [3.8, 4) is 17.1 Å². The third-order valence-corrected chi connectivity index (χ3v) is 2.81. The van der Waals surface area contributed by atoms with Gasteiger partial charge in [-0.15, -0.1) is 0 Å². The van der Waals surface area contributed by atoms with Crippen molar-refractivity contribution in [2.75, 3.05) is 0 Å². The van der Waals surface area contributed by atoms with Crippen LogP contribution < -0.4 is 0 Å². The van der Waals surface area contributed by atoms with Gasteiger partial charge in [0, 0.05) is 11.8 Å². The van der Waals surface area contributed by atoms with Crippen LogP contribution in [0.3, 0.4) is 0 Å². The van der Waals surface area contributed by atoms with E-state index in [1.165, 1.54) is 12.5 Å². The monoisotopic (exact) mass is 239 g/mol. The molecular weight excluding hydrogens is 230 g/mol. The van der Waals surface area contributed by atoms with Gasteiger partial charge in [0.2, 0.25) is 0 Å². The van der Waals surface area contributed by atoms with Crippen molar-refractivity contribution in [2.24, 2.45) is 0 Å². The zero-order valence-corrected chi connectivity index (χ0v) is 9.33. The van der Waals surface area contributed by atoms with E-state index >= 15 is 0 Å². The molecule has 4 nitrogen and oxygen atoms in total. The molecule has 0 amide bonds. The van der Waals surface area contributed by atoms with E-state index in [2.05, 4.69) is 4.98 Å². The maximum absolute atomic E-state index is 10.7. The largest absolute Gasteiger partial charge is 0.505 e. The molecule has 88 valence electrons. The van der Waals surface area contributed by atoms with E-state index in [-0.39, 0.29) is 11.4 Å². The molecule has 0 atom stereocenters. The molecule has 0 fully saturated rings. The van der Waals surface area contributed by atoms with Gasteiger partial charge in [0.05, 0.1) is 10.8 Å². The van der Waals surface area contributed by atoms with E-state index in [4.69, 9.17) is 4.42 Å². The topological polar surface area (TPSA) is 63.3 Å². The summed E-state index contributed by atoms with van der Waals surface area (Å²) in [6.07, 6.45) is 3.48. The summed E-state index contributed by atoms with van der Waals surface area (Å²) in [6, 6.07) is 9.52. The summed E-state index contributed by atoms with van der Waals surface area (Å²) in [5.41, 5.74) is 0.912. The second-order valence-electron chi connectivity index (χ2n) is 3.87. The van der Waals surface area contributed by atoms with Crippen LogP contribution in [0.1, 0.15) is 10.5 Å². The highest BCUT2D eigenvalue weighted by atomic mass is 16.3. The van der Waals surface area contributed by atoms with Crippen molar-refractivity contribution in [3.63, 3.8) is 0 Å². The van der Waals surface area contributed by atoms with Crippen LogP contribution in [0, 0.1) is 0 Å². The Morgan fingerprint density at radius 2 is 1.94 bits per heavy atom. The molecule has 2 heterocycles. The maximum Gasteiger partial charge on any atom is 0.172 e. The molecule has 0 saturated carbocycles. The number of furan rings is 1. The molecule has 0 bridgehead atoms. The highest BCUT2D eigenvalue weighted by Gasteiger charge is 2.14. The van der Waals surface area contributed by atoms with Crippen LogP contribution in [0.4, 0.5) is 0 Å². The Morgan fingerprint density at radius 3 is 2.67 bits per heavy atom. The van der Waals surface area contributed by atoms with Crippen molar-refractivity contribution >= 4 is 17.1 Å². The molecular formula is C14H9NO3. The van der Waals surface area contributed by atoms with E-state index in [9.17, 15) is 9.90 Å². The second-order valence-corrected chi connectivity index (χ2v) is 3.87. The van der Waals surface area contributed by atoms with Crippen LogP contribution in [0.5, 0.6) is 5.75 Å². The summed E-state index contributed by atoms with van der Waals surface area (Å²) in [5.74, 6) is 0.485. The van der Waals surface area contributed by atoms with Gasteiger partial charge < -0.3 is 9.52 Å². The molecule has 1 N–H and O–H groups in total. The van der Waals surface area contributed by atoms with Gasteiger partial charge in [-0.1, -0.05) is 30.3 Å². The first kappa shape index (κ1) is 10.5. The number of fused-ring (bicyclic) bond motifs is 1. The Kier molecular flexibility index (Phi) is 2.34. The second kappa shape index (κ2) is 4.00. The summed E-state index contributed by atoms with van der Waals surface area (Å²) < 4.78 is 5.47. The Morgan fingerprint density at radius 1 is 1.17 bits per heavy atom. The number of aldehydes is 1. The molecule has 0 radical (unpaired) electrons. The lowest BCUT2D eigenvalue weighted by Gasteiger charge is -1.99. The number of pyridine rings is 1. The zero-order valence-electron chi connectivity index (χ0n) is 9.33. The van der Waals surface area contributed by atoms with Gasteiger partial charge in [-0.3, -0.25) is 4.79 Å². The van der Waals surface area contributed by atoms with Crippen LogP contribution >= 0.6 is 0 Å². The summed E-state index contributed by atoms with van der Waals surface area (Å²) >= 11 is 0. The fourth-order valence-corrected chi connectivity index (χ4v) is 1.91. The van der Waals surface area contributed by atoms with Gasteiger partial charge >= 0.3 is 0 Å². The maximum atomic E-state index is 10.7. The smallest absolute Gasteiger partial charge is 0.172 e. The van der Waals surface area contributed by atoms with Crippen LogP contribution in [0.15, 0.2) is 47.2 Å². The Hall–Kier alpha value is -2.62. The molecule has 4 heteroatoms. The first-order chi connectivity index (χ1) is 8.81. The van der Waals surface area contributed by atoms with Gasteiger partial charge in [-0.2, -0.15) is 0 Å². The van der Waals surface area contributed by atoms with Crippen molar-refractivity contribution in [1.29, 1.82) is 0 Å². The van der Waals surface area contributed by atoms with E-state index < -0.39 is 0 Å². The zero-order chi connectivity index (χ0) is 12.5. The number of aromatic nitrogens is 1. The number of carbonyl (C=O) groups excluding carboxylic acids is 1. The lowest BCUT2D eigenvalue weighted by Crippen LogP contribution is -1.87. The Labute approximate surface area is 103 Å². The summed E-state index contributed by atoms with van der Waals surface area (Å²) in [6.45, 7) is 0. The molecule has 0 spiro atoms.